The maximum Gasteiger partial charge on any atom is 0.179 e. The number of rotatable bonds is 2. The molecule has 1 N–H and O–H groups in total. The second kappa shape index (κ2) is 4.50. The molecule has 3 nitrogen and oxygen atoms in total. The molecular weight excluding hydrogens is 242 g/mol. The molecule has 1 aliphatic rings. The number of imidazole rings is 1. The van der Waals surface area contributed by atoms with Gasteiger partial charge in [0, 0.05) is 12.2 Å². The average molecular weight is 261 g/mol. The predicted molar refractivity (Wildman–Crippen MR) is 76.2 cm³/mol. The maximum atomic E-state index is 5.44. The van der Waals surface area contributed by atoms with Gasteiger partial charge in [-0.2, -0.15) is 0 Å². The highest BCUT2D eigenvalue weighted by Crippen LogP contribution is 2.33. The van der Waals surface area contributed by atoms with E-state index in [4.69, 9.17) is 12.2 Å². The highest BCUT2D eigenvalue weighted by molar-refractivity contribution is 7.71. The number of aromatic amines is 1. The topological polar surface area (TPSA) is 33.6 Å². The van der Waals surface area contributed by atoms with Crippen LogP contribution in [-0.2, 0) is 6.54 Å². The molecule has 18 heavy (non-hydrogen) atoms. The Hall–Kier alpha value is -1.16. The Bertz CT molecular complexity index is 625. The molecule has 0 saturated heterocycles. The van der Waals surface area contributed by atoms with E-state index in [2.05, 4.69) is 27.5 Å². The smallest absolute Gasteiger partial charge is 0.179 e. The fourth-order valence-corrected chi connectivity index (χ4v) is 3.29. The first-order valence-electron chi connectivity index (χ1n) is 6.71. The van der Waals surface area contributed by atoms with Gasteiger partial charge >= 0.3 is 0 Å². The van der Waals surface area contributed by atoms with Crippen molar-refractivity contribution in [3.05, 3.63) is 22.6 Å². The third-order valence-electron chi connectivity index (χ3n) is 4.21. The minimum absolute atomic E-state index is 0.748. The second-order valence-corrected chi connectivity index (χ2v) is 5.92. The second-order valence-electron chi connectivity index (χ2n) is 5.53. The van der Waals surface area contributed by atoms with Crippen LogP contribution >= 0.6 is 12.2 Å². The summed E-state index contributed by atoms with van der Waals surface area (Å²) in [5, 5.41) is 0. The molecule has 0 amide bonds. The van der Waals surface area contributed by atoms with Gasteiger partial charge < -0.3 is 9.55 Å². The van der Waals surface area contributed by atoms with Gasteiger partial charge in [0.15, 0.2) is 10.4 Å². The molecule has 0 aliphatic heterocycles. The van der Waals surface area contributed by atoms with Crippen molar-refractivity contribution >= 4 is 23.4 Å². The van der Waals surface area contributed by atoms with Gasteiger partial charge in [-0.05, 0) is 49.5 Å². The van der Waals surface area contributed by atoms with Crippen molar-refractivity contribution < 1.29 is 0 Å². The molecule has 3 rings (SSSR count). The first-order chi connectivity index (χ1) is 8.65. The molecule has 0 radical (unpaired) electrons. The van der Waals surface area contributed by atoms with Crippen LogP contribution in [0.15, 0.2) is 12.1 Å². The molecule has 2 aromatic heterocycles. The molecule has 0 aromatic carbocycles. The van der Waals surface area contributed by atoms with Crippen LogP contribution in [0, 0.1) is 23.5 Å². The van der Waals surface area contributed by atoms with Crippen LogP contribution in [0.25, 0.3) is 11.2 Å². The summed E-state index contributed by atoms with van der Waals surface area (Å²) in [6.45, 7) is 5.39. The summed E-state index contributed by atoms with van der Waals surface area (Å²) >= 11 is 5.44. The molecular formula is C14H19N3S. The van der Waals surface area contributed by atoms with Crippen LogP contribution in [0.2, 0.25) is 0 Å². The van der Waals surface area contributed by atoms with E-state index in [1.54, 1.807) is 0 Å². The van der Waals surface area contributed by atoms with Gasteiger partial charge in [0.05, 0.1) is 5.52 Å². The normalized spacial score (nSPS) is 23.9. The van der Waals surface area contributed by atoms with E-state index >= 15 is 0 Å². The Morgan fingerprint density at radius 2 is 2.28 bits per heavy atom. The average Bonchev–Trinajstić information content (AvgIpc) is 2.86. The molecule has 2 unspecified atom stereocenters. The van der Waals surface area contributed by atoms with Gasteiger partial charge in [-0.25, -0.2) is 4.98 Å². The maximum absolute atomic E-state index is 5.44. The van der Waals surface area contributed by atoms with Crippen LogP contribution < -0.4 is 0 Å². The summed E-state index contributed by atoms with van der Waals surface area (Å²) in [5.41, 5.74) is 3.11. The minimum Gasteiger partial charge on any atom is -0.329 e. The summed E-state index contributed by atoms with van der Waals surface area (Å²) in [5.74, 6) is 1.56. The van der Waals surface area contributed by atoms with Crippen molar-refractivity contribution in [2.75, 3.05) is 0 Å². The molecule has 96 valence electrons. The SMILES string of the molecule is Cc1ccc2[nH]c(=S)n(CC3CCCC3C)c2n1. The fraction of sp³-hybridized carbons (Fsp3) is 0.571. The summed E-state index contributed by atoms with van der Waals surface area (Å²) in [6, 6.07) is 4.10. The lowest BCUT2D eigenvalue weighted by atomic mass is 9.98. The predicted octanol–water partition coefficient (Wildman–Crippen LogP) is 3.84. The van der Waals surface area contributed by atoms with Gasteiger partial charge in [0.2, 0.25) is 0 Å². The van der Waals surface area contributed by atoms with E-state index in [0.29, 0.717) is 0 Å². The monoisotopic (exact) mass is 261 g/mol. The van der Waals surface area contributed by atoms with Crippen molar-refractivity contribution in [2.24, 2.45) is 11.8 Å². The van der Waals surface area contributed by atoms with Gasteiger partial charge in [-0.1, -0.05) is 19.8 Å². The number of nitrogens with zero attached hydrogens (tertiary/aromatic N) is 2. The van der Waals surface area contributed by atoms with Crippen molar-refractivity contribution in [2.45, 2.75) is 39.7 Å². The van der Waals surface area contributed by atoms with Crippen molar-refractivity contribution in [3.8, 4) is 0 Å². The fourth-order valence-electron chi connectivity index (χ4n) is 3.02. The molecule has 0 spiro atoms. The van der Waals surface area contributed by atoms with E-state index in [1.807, 2.05) is 13.0 Å². The van der Waals surface area contributed by atoms with E-state index in [9.17, 15) is 0 Å². The van der Waals surface area contributed by atoms with Gasteiger partial charge in [0.1, 0.15) is 0 Å². The molecule has 2 atom stereocenters. The molecule has 1 fully saturated rings. The summed E-state index contributed by atoms with van der Waals surface area (Å²) in [4.78, 5) is 7.89. The number of pyridine rings is 1. The van der Waals surface area contributed by atoms with Crippen LogP contribution in [-0.4, -0.2) is 14.5 Å². The van der Waals surface area contributed by atoms with Crippen LogP contribution in [0.1, 0.15) is 31.9 Å². The van der Waals surface area contributed by atoms with Crippen LogP contribution in [0.4, 0.5) is 0 Å². The van der Waals surface area contributed by atoms with Gasteiger partial charge in [-0.15, -0.1) is 0 Å². The molecule has 1 aliphatic carbocycles. The number of nitrogens with one attached hydrogen (secondary N) is 1. The Labute approximate surface area is 112 Å². The third-order valence-corrected chi connectivity index (χ3v) is 4.54. The lowest BCUT2D eigenvalue weighted by Crippen LogP contribution is -2.13. The molecule has 0 bridgehead atoms. The minimum atomic E-state index is 0.748. The number of aromatic nitrogens is 3. The summed E-state index contributed by atoms with van der Waals surface area (Å²) in [7, 11) is 0. The first-order valence-corrected chi connectivity index (χ1v) is 7.12. The number of hydrogen-bond acceptors (Lipinski definition) is 2. The number of H-pyrrole nitrogens is 1. The van der Waals surface area contributed by atoms with Crippen LogP contribution in [0.5, 0.6) is 0 Å². The number of hydrogen-bond donors (Lipinski definition) is 1. The van der Waals surface area contributed by atoms with E-state index in [-0.39, 0.29) is 0 Å². The zero-order valence-electron chi connectivity index (χ0n) is 10.9. The largest absolute Gasteiger partial charge is 0.329 e. The van der Waals surface area contributed by atoms with Crippen molar-refractivity contribution in [3.63, 3.8) is 0 Å². The first kappa shape index (κ1) is 11.9. The molecule has 1 saturated carbocycles. The number of aryl methyl sites for hydroxylation is 1. The lowest BCUT2D eigenvalue weighted by molar-refractivity contribution is 0.365. The molecule has 4 heteroatoms. The Morgan fingerprint density at radius 3 is 3.00 bits per heavy atom. The summed E-state index contributed by atoms with van der Waals surface area (Å²) < 4.78 is 2.99. The quantitative estimate of drug-likeness (QED) is 0.833. The Morgan fingerprint density at radius 1 is 1.44 bits per heavy atom. The number of fused-ring (bicyclic) bond motifs is 1. The van der Waals surface area contributed by atoms with Gasteiger partial charge in [0.25, 0.3) is 0 Å². The Kier molecular flexibility index (Phi) is 2.98. The van der Waals surface area contributed by atoms with E-state index in [1.165, 1.54) is 19.3 Å². The zero-order chi connectivity index (χ0) is 12.7. The zero-order valence-corrected chi connectivity index (χ0v) is 11.8. The van der Waals surface area contributed by atoms with Crippen molar-refractivity contribution in [1.29, 1.82) is 0 Å². The van der Waals surface area contributed by atoms with Crippen molar-refractivity contribution in [1.82, 2.24) is 14.5 Å². The Balaban J connectivity index is 2.02. The highest BCUT2D eigenvalue weighted by Gasteiger charge is 2.24. The summed E-state index contributed by atoms with van der Waals surface area (Å²) in [6.07, 6.45) is 4.03. The van der Waals surface area contributed by atoms with Crippen LogP contribution in [0.3, 0.4) is 0 Å². The van der Waals surface area contributed by atoms with E-state index in [0.717, 1.165) is 40.0 Å². The third kappa shape index (κ3) is 1.99. The molecule has 2 aromatic rings. The van der Waals surface area contributed by atoms with Gasteiger partial charge in [-0.3, -0.25) is 0 Å². The van der Waals surface area contributed by atoms with E-state index < -0.39 is 0 Å². The highest BCUT2D eigenvalue weighted by atomic mass is 32.1. The molecule has 2 heterocycles. The standard InChI is InChI=1S/C14H19N3S/c1-9-4-3-5-11(9)8-17-13-12(16-14(17)18)7-6-10(2)15-13/h6-7,9,11H,3-5,8H2,1-2H3,(H,16,18). The lowest BCUT2D eigenvalue weighted by Gasteiger charge is -2.16.